The fourth-order valence-corrected chi connectivity index (χ4v) is 3.03. The van der Waals surface area contributed by atoms with Crippen LogP contribution in [0.15, 0.2) is 36.4 Å². The van der Waals surface area contributed by atoms with Crippen LogP contribution in [0.4, 0.5) is 4.39 Å². The molecule has 0 aliphatic heterocycles. The Hall–Kier alpha value is -2.76. The number of halogens is 1. The molecule has 2 aromatic heterocycles. The van der Waals surface area contributed by atoms with E-state index in [1.54, 1.807) is 12.1 Å². The van der Waals surface area contributed by atoms with Crippen molar-refractivity contribution in [2.24, 2.45) is 0 Å². The molecule has 4 rings (SSSR count). The molecule has 0 unspecified atom stereocenters. The molecule has 0 spiro atoms. The van der Waals surface area contributed by atoms with Crippen LogP contribution in [0.25, 0.3) is 0 Å². The van der Waals surface area contributed by atoms with Gasteiger partial charge in [-0.3, -0.25) is 4.98 Å². The Balaban J connectivity index is 1.55. The van der Waals surface area contributed by atoms with E-state index >= 15 is 0 Å². The monoisotopic (exact) mass is 366 g/mol. The van der Waals surface area contributed by atoms with Crippen molar-refractivity contribution in [2.75, 3.05) is 0 Å². The van der Waals surface area contributed by atoms with E-state index < -0.39 is 0 Å². The minimum atomic E-state index is -0.237. The van der Waals surface area contributed by atoms with Gasteiger partial charge in [0.25, 0.3) is 0 Å². The third kappa shape index (κ3) is 4.15. The average Bonchev–Trinajstić information content (AvgIpc) is 3.44. The van der Waals surface area contributed by atoms with E-state index in [0.717, 1.165) is 53.6 Å². The molecule has 0 saturated heterocycles. The highest BCUT2D eigenvalue weighted by molar-refractivity contribution is 5.29. The summed E-state index contributed by atoms with van der Waals surface area (Å²) in [6.07, 6.45) is 3.10. The molecule has 0 N–H and O–H groups in total. The van der Waals surface area contributed by atoms with Crippen LogP contribution in [0.2, 0.25) is 0 Å². The predicted octanol–water partition coefficient (Wildman–Crippen LogP) is 4.19. The molecule has 1 aliphatic carbocycles. The van der Waals surface area contributed by atoms with Crippen molar-refractivity contribution in [1.29, 1.82) is 0 Å². The lowest BCUT2D eigenvalue weighted by atomic mass is 10.2. The van der Waals surface area contributed by atoms with Gasteiger partial charge in [0, 0.05) is 11.6 Å². The molecule has 2 heterocycles. The standard InChI is InChI=1S/C21H23FN4O/c1-3-18-19(11-4-14(2)23-18)27-13-20-24-21(16-7-8-16)25-26(20)12-15-5-9-17(22)10-6-15/h4-6,9-11,16H,3,7-8,12-13H2,1-2H3. The fourth-order valence-electron chi connectivity index (χ4n) is 3.03. The molecule has 1 aromatic carbocycles. The van der Waals surface area contributed by atoms with E-state index in [2.05, 4.69) is 17.0 Å². The van der Waals surface area contributed by atoms with Crippen LogP contribution >= 0.6 is 0 Å². The first-order valence-electron chi connectivity index (χ1n) is 9.39. The Morgan fingerprint density at radius 1 is 1.11 bits per heavy atom. The first-order valence-corrected chi connectivity index (χ1v) is 9.39. The zero-order valence-electron chi connectivity index (χ0n) is 15.7. The Kier molecular flexibility index (Phi) is 4.88. The van der Waals surface area contributed by atoms with Gasteiger partial charge in [0.1, 0.15) is 18.2 Å². The fraction of sp³-hybridized carbons (Fsp3) is 0.381. The summed E-state index contributed by atoms with van der Waals surface area (Å²) in [6, 6.07) is 10.4. The van der Waals surface area contributed by atoms with Crippen molar-refractivity contribution < 1.29 is 9.13 Å². The predicted molar refractivity (Wildman–Crippen MR) is 100 cm³/mol. The van der Waals surface area contributed by atoms with Gasteiger partial charge < -0.3 is 4.74 Å². The van der Waals surface area contributed by atoms with Crippen molar-refractivity contribution >= 4 is 0 Å². The van der Waals surface area contributed by atoms with Gasteiger partial charge in [-0.2, -0.15) is 5.10 Å². The van der Waals surface area contributed by atoms with E-state index in [4.69, 9.17) is 9.72 Å². The van der Waals surface area contributed by atoms with Crippen LogP contribution < -0.4 is 4.74 Å². The first-order chi connectivity index (χ1) is 13.1. The van der Waals surface area contributed by atoms with Crippen LogP contribution in [0.1, 0.15) is 54.3 Å². The first kappa shape index (κ1) is 17.6. The maximum absolute atomic E-state index is 13.2. The second-order valence-corrected chi connectivity index (χ2v) is 6.98. The normalized spacial score (nSPS) is 13.7. The second-order valence-electron chi connectivity index (χ2n) is 6.98. The molecule has 0 atom stereocenters. The van der Waals surface area contributed by atoms with E-state index in [-0.39, 0.29) is 5.82 Å². The van der Waals surface area contributed by atoms with E-state index in [9.17, 15) is 4.39 Å². The number of ether oxygens (including phenoxy) is 1. The molecule has 27 heavy (non-hydrogen) atoms. The van der Waals surface area contributed by atoms with Crippen molar-refractivity contribution in [3.8, 4) is 5.75 Å². The highest BCUT2D eigenvalue weighted by atomic mass is 19.1. The van der Waals surface area contributed by atoms with E-state index in [1.165, 1.54) is 12.1 Å². The average molecular weight is 366 g/mol. The van der Waals surface area contributed by atoms with E-state index in [1.807, 2.05) is 23.7 Å². The zero-order valence-corrected chi connectivity index (χ0v) is 15.7. The molecule has 1 aliphatic rings. The third-order valence-electron chi connectivity index (χ3n) is 4.72. The Morgan fingerprint density at radius 3 is 2.59 bits per heavy atom. The van der Waals surface area contributed by atoms with Gasteiger partial charge in [0.15, 0.2) is 11.6 Å². The van der Waals surface area contributed by atoms with E-state index in [0.29, 0.717) is 19.1 Å². The highest BCUT2D eigenvalue weighted by Crippen LogP contribution is 2.38. The summed E-state index contributed by atoms with van der Waals surface area (Å²) in [5.74, 6) is 2.67. The SMILES string of the molecule is CCc1nc(C)ccc1OCc1nc(C2CC2)nn1Cc1ccc(F)cc1. The number of aryl methyl sites for hydroxylation is 2. The summed E-state index contributed by atoms with van der Waals surface area (Å²) in [4.78, 5) is 9.25. The summed E-state index contributed by atoms with van der Waals surface area (Å²) in [5.41, 5.74) is 2.91. The second kappa shape index (κ2) is 7.47. The molecular formula is C21H23FN4O. The Labute approximate surface area is 158 Å². The minimum Gasteiger partial charge on any atom is -0.484 e. The van der Waals surface area contributed by atoms with Gasteiger partial charge >= 0.3 is 0 Å². The molecule has 0 radical (unpaired) electrons. The molecule has 140 valence electrons. The van der Waals surface area contributed by atoms with Gasteiger partial charge in [-0.25, -0.2) is 14.1 Å². The Morgan fingerprint density at radius 2 is 1.89 bits per heavy atom. The number of rotatable bonds is 7. The summed E-state index contributed by atoms with van der Waals surface area (Å²) < 4.78 is 21.1. The number of hydrogen-bond donors (Lipinski definition) is 0. The van der Waals surface area contributed by atoms with Gasteiger partial charge in [-0.05, 0) is 56.0 Å². The molecule has 5 nitrogen and oxygen atoms in total. The van der Waals surface area contributed by atoms with Crippen molar-refractivity contribution in [1.82, 2.24) is 19.7 Å². The van der Waals surface area contributed by atoms with Gasteiger partial charge in [0.2, 0.25) is 0 Å². The molecular weight excluding hydrogens is 343 g/mol. The lowest BCUT2D eigenvalue weighted by Crippen LogP contribution is -2.10. The molecule has 0 bridgehead atoms. The number of pyridine rings is 1. The number of hydrogen-bond acceptors (Lipinski definition) is 4. The number of aromatic nitrogens is 4. The molecule has 3 aromatic rings. The number of nitrogens with zero attached hydrogens (tertiary/aromatic N) is 4. The topological polar surface area (TPSA) is 52.8 Å². The summed E-state index contributed by atoms with van der Waals surface area (Å²) in [7, 11) is 0. The summed E-state index contributed by atoms with van der Waals surface area (Å²) in [5, 5.41) is 4.68. The Bertz CT molecular complexity index is 932. The maximum atomic E-state index is 13.2. The quantitative estimate of drug-likeness (QED) is 0.629. The van der Waals surface area contributed by atoms with Gasteiger partial charge in [-0.15, -0.1) is 0 Å². The largest absolute Gasteiger partial charge is 0.484 e. The van der Waals surface area contributed by atoms with Gasteiger partial charge in [0.05, 0.1) is 12.2 Å². The molecule has 1 fully saturated rings. The highest BCUT2D eigenvalue weighted by Gasteiger charge is 2.29. The number of benzene rings is 1. The lowest BCUT2D eigenvalue weighted by molar-refractivity contribution is 0.283. The zero-order chi connectivity index (χ0) is 18.8. The van der Waals surface area contributed by atoms with Gasteiger partial charge in [-0.1, -0.05) is 19.1 Å². The summed E-state index contributed by atoms with van der Waals surface area (Å²) in [6.45, 7) is 4.92. The van der Waals surface area contributed by atoms with Crippen LogP contribution in [0.3, 0.4) is 0 Å². The van der Waals surface area contributed by atoms with Crippen LogP contribution in [0.5, 0.6) is 5.75 Å². The van der Waals surface area contributed by atoms with Crippen molar-refractivity contribution in [2.45, 2.75) is 52.2 Å². The van der Waals surface area contributed by atoms with Crippen LogP contribution in [0, 0.1) is 12.7 Å². The lowest BCUT2D eigenvalue weighted by Gasteiger charge is -2.11. The summed E-state index contributed by atoms with van der Waals surface area (Å²) >= 11 is 0. The van der Waals surface area contributed by atoms with Crippen molar-refractivity contribution in [3.63, 3.8) is 0 Å². The molecule has 0 amide bonds. The van der Waals surface area contributed by atoms with Crippen LogP contribution in [-0.4, -0.2) is 19.7 Å². The minimum absolute atomic E-state index is 0.237. The van der Waals surface area contributed by atoms with Crippen LogP contribution in [-0.2, 0) is 19.6 Å². The molecule has 1 saturated carbocycles. The smallest absolute Gasteiger partial charge is 0.165 e. The maximum Gasteiger partial charge on any atom is 0.165 e. The van der Waals surface area contributed by atoms with Crippen molar-refractivity contribution in [3.05, 3.63) is 70.8 Å². The molecule has 6 heteroatoms. The third-order valence-corrected chi connectivity index (χ3v) is 4.72.